The quantitative estimate of drug-likeness (QED) is 0.679. The van der Waals surface area contributed by atoms with Crippen molar-refractivity contribution in [3.8, 4) is 5.75 Å². The molecule has 4 rings (SSSR count). The first-order valence-electron chi connectivity index (χ1n) is 11.2. The summed E-state index contributed by atoms with van der Waals surface area (Å²) in [5.74, 6) is -0.234. The number of likely N-dealkylation sites (N-methyl/N-ethyl adjacent to an activating group) is 1. The number of para-hydroxylation sites is 1. The van der Waals surface area contributed by atoms with Crippen LogP contribution in [-0.4, -0.2) is 66.3 Å². The van der Waals surface area contributed by atoms with Gasteiger partial charge in [-0.15, -0.1) is 0 Å². The second-order valence-corrected chi connectivity index (χ2v) is 8.70. The standard InChI is InChI=1S/C25H28N4O5/c1-25-13-11-23(32)29(25)20-10-5-4-9-19(20)24(33)28(25)14-12-22(31)27(2)16-21(30)26-17-7-6-8-18(15-17)34-3/h4-10,15H,11-14,16H2,1-3H3,(H,26,30). The van der Waals surface area contributed by atoms with Crippen molar-refractivity contribution in [3.63, 3.8) is 0 Å². The Morgan fingerprint density at radius 2 is 1.91 bits per heavy atom. The molecule has 0 aliphatic carbocycles. The van der Waals surface area contributed by atoms with Crippen molar-refractivity contribution < 1.29 is 23.9 Å². The van der Waals surface area contributed by atoms with Gasteiger partial charge >= 0.3 is 0 Å². The topological polar surface area (TPSA) is 99.3 Å². The van der Waals surface area contributed by atoms with Gasteiger partial charge in [0.25, 0.3) is 5.91 Å². The van der Waals surface area contributed by atoms with Crippen molar-refractivity contribution >= 4 is 35.0 Å². The fraction of sp³-hybridized carbons (Fsp3) is 0.360. The molecule has 1 unspecified atom stereocenters. The third kappa shape index (κ3) is 4.21. The molecular weight excluding hydrogens is 436 g/mol. The van der Waals surface area contributed by atoms with Crippen LogP contribution in [0.25, 0.3) is 0 Å². The summed E-state index contributed by atoms with van der Waals surface area (Å²) < 4.78 is 5.15. The fourth-order valence-corrected chi connectivity index (χ4v) is 4.64. The Kier molecular flexibility index (Phi) is 6.28. The molecule has 0 radical (unpaired) electrons. The molecule has 2 aliphatic rings. The second kappa shape index (κ2) is 9.17. The predicted octanol–water partition coefficient (Wildman–Crippen LogP) is 2.48. The molecular formula is C25H28N4O5. The third-order valence-corrected chi connectivity index (χ3v) is 6.45. The lowest BCUT2D eigenvalue weighted by molar-refractivity contribution is -0.133. The molecule has 9 nitrogen and oxygen atoms in total. The minimum Gasteiger partial charge on any atom is -0.497 e. The molecule has 9 heteroatoms. The maximum Gasteiger partial charge on any atom is 0.257 e. The van der Waals surface area contributed by atoms with Crippen molar-refractivity contribution in [3.05, 3.63) is 54.1 Å². The van der Waals surface area contributed by atoms with E-state index in [1.165, 1.54) is 4.90 Å². The summed E-state index contributed by atoms with van der Waals surface area (Å²) in [5.41, 5.74) is 0.826. The van der Waals surface area contributed by atoms with E-state index in [0.717, 1.165) is 0 Å². The fourth-order valence-electron chi connectivity index (χ4n) is 4.64. The van der Waals surface area contributed by atoms with E-state index in [-0.39, 0.29) is 43.1 Å². The van der Waals surface area contributed by atoms with Crippen LogP contribution in [0.2, 0.25) is 0 Å². The van der Waals surface area contributed by atoms with Crippen LogP contribution in [0.5, 0.6) is 5.75 Å². The first-order chi connectivity index (χ1) is 16.2. The zero-order chi connectivity index (χ0) is 24.5. The summed E-state index contributed by atoms with van der Waals surface area (Å²) in [6, 6.07) is 14.0. The lowest BCUT2D eigenvalue weighted by atomic mass is 9.98. The van der Waals surface area contributed by atoms with Crippen molar-refractivity contribution in [1.82, 2.24) is 9.80 Å². The highest BCUT2D eigenvalue weighted by atomic mass is 16.5. The average Bonchev–Trinajstić information content (AvgIpc) is 3.13. The Labute approximate surface area is 198 Å². The molecule has 2 heterocycles. The molecule has 178 valence electrons. The first kappa shape index (κ1) is 23.3. The van der Waals surface area contributed by atoms with Gasteiger partial charge < -0.3 is 19.9 Å². The van der Waals surface area contributed by atoms with Gasteiger partial charge in [-0.1, -0.05) is 18.2 Å². The highest BCUT2D eigenvalue weighted by Crippen LogP contribution is 2.43. The highest BCUT2D eigenvalue weighted by molar-refractivity contribution is 6.10. The third-order valence-electron chi connectivity index (χ3n) is 6.45. The molecule has 1 saturated heterocycles. The number of benzene rings is 2. The summed E-state index contributed by atoms with van der Waals surface area (Å²) in [5, 5.41) is 2.75. The number of rotatable bonds is 7. The number of nitrogens with zero attached hydrogens (tertiary/aromatic N) is 3. The lowest BCUT2D eigenvalue weighted by Crippen LogP contribution is -2.62. The maximum absolute atomic E-state index is 13.3. The van der Waals surface area contributed by atoms with E-state index in [2.05, 4.69) is 5.32 Å². The summed E-state index contributed by atoms with van der Waals surface area (Å²) in [6.45, 7) is 1.88. The smallest absolute Gasteiger partial charge is 0.257 e. The van der Waals surface area contributed by atoms with Crippen LogP contribution in [0.4, 0.5) is 11.4 Å². The van der Waals surface area contributed by atoms with E-state index in [1.54, 1.807) is 66.4 Å². The normalized spacial score (nSPS) is 18.9. The van der Waals surface area contributed by atoms with Crippen LogP contribution >= 0.6 is 0 Å². The van der Waals surface area contributed by atoms with Crippen LogP contribution < -0.4 is 15.0 Å². The van der Waals surface area contributed by atoms with E-state index in [4.69, 9.17) is 4.74 Å². The Bertz CT molecular complexity index is 1150. The van der Waals surface area contributed by atoms with Gasteiger partial charge in [0.2, 0.25) is 17.7 Å². The monoisotopic (exact) mass is 464 g/mol. The molecule has 0 aromatic heterocycles. The number of carbonyl (C=O) groups is 4. The molecule has 0 spiro atoms. The minimum atomic E-state index is -0.814. The summed E-state index contributed by atoms with van der Waals surface area (Å²) in [7, 11) is 3.09. The molecule has 2 aliphatic heterocycles. The Balaban J connectivity index is 1.40. The maximum atomic E-state index is 13.3. The number of fused-ring (bicyclic) bond motifs is 3. The molecule has 34 heavy (non-hydrogen) atoms. The van der Waals surface area contributed by atoms with Gasteiger partial charge in [-0.05, 0) is 37.6 Å². The van der Waals surface area contributed by atoms with Crippen LogP contribution in [-0.2, 0) is 14.4 Å². The molecule has 1 atom stereocenters. The number of methoxy groups -OCH3 is 1. The highest BCUT2D eigenvalue weighted by Gasteiger charge is 2.52. The van der Waals surface area contributed by atoms with Gasteiger partial charge in [-0.25, -0.2) is 0 Å². The first-order valence-corrected chi connectivity index (χ1v) is 11.2. The summed E-state index contributed by atoms with van der Waals surface area (Å²) >= 11 is 0. The summed E-state index contributed by atoms with van der Waals surface area (Å²) in [4.78, 5) is 55.7. The van der Waals surface area contributed by atoms with E-state index in [0.29, 0.717) is 35.5 Å². The molecule has 4 amide bonds. The zero-order valence-corrected chi connectivity index (χ0v) is 19.5. The number of amides is 4. The molecule has 0 bridgehead atoms. The summed E-state index contributed by atoms with van der Waals surface area (Å²) in [6.07, 6.45) is 0.875. The molecule has 2 aromatic carbocycles. The van der Waals surface area contributed by atoms with Gasteiger partial charge in [0.15, 0.2) is 0 Å². The van der Waals surface area contributed by atoms with Gasteiger partial charge in [-0.2, -0.15) is 0 Å². The van der Waals surface area contributed by atoms with Gasteiger partial charge in [0, 0.05) is 38.2 Å². The van der Waals surface area contributed by atoms with Crippen molar-refractivity contribution in [2.75, 3.05) is 37.5 Å². The number of hydrogen-bond acceptors (Lipinski definition) is 5. The van der Waals surface area contributed by atoms with Crippen molar-refractivity contribution in [2.45, 2.75) is 31.8 Å². The second-order valence-electron chi connectivity index (χ2n) is 8.70. The van der Waals surface area contributed by atoms with Crippen LogP contribution in [0.1, 0.15) is 36.5 Å². The molecule has 2 aromatic rings. The SMILES string of the molecule is COc1cccc(NC(=O)CN(C)C(=O)CCN2C(=O)c3ccccc3N3C(=O)CCC23C)c1. The average molecular weight is 465 g/mol. The van der Waals surface area contributed by atoms with Crippen LogP contribution in [0.15, 0.2) is 48.5 Å². The number of nitrogens with one attached hydrogen (secondary N) is 1. The number of hydrogen-bond donors (Lipinski definition) is 1. The number of carbonyl (C=O) groups excluding carboxylic acids is 4. The van der Waals surface area contributed by atoms with E-state index >= 15 is 0 Å². The van der Waals surface area contributed by atoms with Crippen molar-refractivity contribution in [1.29, 1.82) is 0 Å². The Morgan fingerprint density at radius 3 is 2.68 bits per heavy atom. The van der Waals surface area contributed by atoms with Gasteiger partial charge in [-0.3, -0.25) is 24.1 Å². The number of anilines is 2. The lowest BCUT2D eigenvalue weighted by Gasteiger charge is -2.48. The molecule has 1 fully saturated rings. The van der Waals surface area contributed by atoms with Crippen LogP contribution in [0, 0.1) is 0 Å². The zero-order valence-electron chi connectivity index (χ0n) is 19.5. The van der Waals surface area contributed by atoms with E-state index < -0.39 is 5.66 Å². The van der Waals surface area contributed by atoms with E-state index in [1.807, 2.05) is 13.0 Å². The van der Waals surface area contributed by atoms with Crippen LogP contribution in [0.3, 0.4) is 0 Å². The van der Waals surface area contributed by atoms with Gasteiger partial charge in [0.1, 0.15) is 11.4 Å². The number of ether oxygens (including phenoxy) is 1. The molecule has 0 saturated carbocycles. The Hall–Kier alpha value is -3.88. The Morgan fingerprint density at radius 1 is 1.15 bits per heavy atom. The largest absolute Gasteiger partial charge is 0.497 e. The van der Waals surface area contributed by atoms with Crippen molar-refractivity contribution in [2.24, 2.45) is 0 Å². The van der Waals surface area contributed by atoms with E-state index in [9.17, 15) is 19.2 Å². The predicted molar refractivity (Wildman–Crippen MR) is 126 cm³/mol. The minimum absolute atomic E-state index is 0.0362. The van der Waals surface area contributed by atoms with Gasteiger partial charge in [0.05, 0.1) is 24.9 Å². The molecule has 1 N–H and O–H groups in total.